The molecule has 1 heterocycles. The van der Waals surface area contributed by atoms with Crippen molar-refractivity contribution in [3.05, 3.63) is 11.8 Å². The van der Waals surface area contributed by atoms with Gasteiger partial charge in [-0.25, -0.2) is 4.79 Å². The van der Waals surface area contributed by atoms with Gasteiger partial charge in [0.2, 0.25) is 6.10 Å². The van der Waals surface area contributed by atoms with E-state index in [-0.39, 0.29) is 0 Å². The summed E-state index contributed by atoms with van der Waals surface area (Å²) >= 11 is 0. The van der Waals surface area contributed by atoms with E-state index < -0.39 is 12.1 Å². The Hall–Kier alpha value is -1.03. The summed E-state index contributed by atoms with van der Waals surface area (Å²) in [6.45, 7) is 1.74. The summed E-state index contributed by atoms with van der Waals surface area (Å²) in [6, 6.07) is 0. The van der Waals surface area contributed by atoms with Crippen molar-refractivity contribution in [3.63, 3.8) is 0 Å². The standard InChI is InChI=1S/C5H7NO3/c1-3-2-4(5(7)8)9-6-3/h2,4,6H,1H3,(H,7,8). The van der Waals surface area contributed by atoms with Crippen LogP contribution in [-0.2, 0) is 9.63 Å². The van der Waals surface area contributed by atoms with Crippen molar-refractivity contribution in [2.75, 3.05) is 0 Å². The number of hydroxylamine groups is 1. The summed E-state index contributed by atoms with van der Waals surface area (Å²) in [5.41, 5.74) is 3.17. The second-order valence-electron chi connectivity index (χ2n) is 1.83. The monoisotopic (exact) mass is 129 g/mol. The van der Waals surface area contributed by atoms with Crippen LogP contribution in [0.15, 0.2) is 11.8 Å². The minimum absolute atomic E-state index is 0.738. The number of hydrogen-bond acceptors (Lipinski definition) is 3. The van der Waals surface area contributed by atoms with Gasteiger partial charge in [-0.3, -0.25) is 10.3 Å². The molecule has 0 spiro atoms. The molecular weight excluding hydrogens is 122 g/mol. The highest BCUT2D eigenvalue weighted by Crippen LogP contribution is 2.04. The first-order valence-corrected chi connectivity index (χ1v) is 2.53. The maximum Gasteiger partial charge on any atom is 0.339 e. The number of hydrogen-bond donors (Lipinski definition) is 2. The fraction of sp³-hybridized carbons (Fsp3) is 0.400. The number of aliphatic carboxylic acids is 1. The fourth-order valence-corrected chi connectivity index (χ4v) is 0.573. The van der Waals surface area contributed by atoms with Gasteiger partial charge in [0.05, 0.1) is 0 Å². The van der Waals surface area contributed by atoms with Crippen LogP contribution in [0.3, 0.4) is 0 Å². The minimum Gasteiger partial charge on any atom is -0.479 e. The lowest BCUT2D eigenvalue weighted by Crippen LogP contribution is -2.20. The summed E-state index contributed by atoms with van der Waals surface area (Å²) in [5, 5.41) is 8.32. The van der Waals surface area contributed by atoms with Crippen LogP contribution in [0.2, 0.25) is 0 Å². The summed E-state index contributed by atoms with van der Waals surface area (Å²) in [6.07, 6.45) is 0.687. The largest absolute Gasteiger partial charge is 0.479 e. The Balaban J connectivity index is 2.57. The second kappa shape index (κ2) is 2.06. The zero-order valence-corrected chi connectivity index (χ0v) is 4.92. The lowest BCUT2D eigenvalue weighted by molar-refractivity contribution is -0.148. The first-order chi connectivity index (χ1) is 4.20. The van der Waals surface area contributed by atoms with E-state index in [2.05, 4.69) is 10.3 Å². The van der Waals surface area contributed by atoms with Crippen molar-refractivity contribution < 1.29 is 14.7 Å². The normalized spacial score (nSPS) is 25.0. The van der Waals surface area contributed by atoms with Crippen LogP contribution in [0.5, 0.6) is 0 Å². The van der Waals surface area contributed by atoms with Gasteiger partial charge in [0, 0.05) is 5.70 Å². The highest BCUT2D eigenvalue weighted by molar-refractivity contribution is 5.75. The maximum absolute atomic E-state index is 10.1. The highest BCUT2D eigenvalue weighted by atomic mass is 16.7. The molecule has 0 aliphatic carbocycles. The Morgan fingerprint density at radius 1 is 2.00 bits per heavy atom. The quantitative estimate of drug-likeness (QED) is 0.518. The average Bonchev–Trinajstić information content (AvgIpc) is 2.14. The van der Waals surface area contributed by atoms with E-state index in [1.807, 2.05) is 0 Å². The van der Waals surface area contributed by atoms with Crippen molar-refractivity contribution in [1.82, 2.24) is 5.48 Å². The van der Waals surface area contributed by atoms with Crippen molar-refractivity contribution in [1.29, 1.82) is 0 Å². The number of nitrogens with one attached hydrogen (secondary N) is 1. The van der Waals surface area contributed by atoms with Crippen LogP contribution in [0.25, 0.3) is 0 Å². The third-order valence-corrected chi connectivity index (χ3v) is 0.992. The fourth-order valence-electron chi connectivity index (χ4n) is 0.573. The maximum atomic E-state index is 10.1. The highest BCUT2D eigenvalue weighted by Gasteiger charge is 2.20. The first-order valence-electron chi connectivity index (χ1n) is 2.53. The van der Waals surface area contributed by atoms with Crippen molar-refractivity contribution >= 4 is 5.97 Å². The van der Waals surface area contributed by atoms with Gasteiger partial charge >= 0.3 is 5.97 Å². The first kappa shape index (κ1) is 6.10. The Bertz CT molecular complexity index is 164. The van der Waals surface area contributed by atoms with Gasteiger partial charge < -0.3 is 5.11 Å². The van der Waals surface area contributed by atoms with Gasteiger partial charge in [0.15, 0.2) is 0 Å². The van der Waals surface area contributed by atoms with E-state index in [0.717, 1.165) is 5.70 Å². The van der Waals surface area contributed by atoms with Crippen LogP contribution in [0.4, 0.5) is 0 Å². The molecule has 1 rings (SSSR count). The number of rotatable bonds is 1. The van der Waals surface area contributed by atoms with Gasteiger partial charge in [-0.1, -0.05) is 0 Å². The summed E-state index contributed by atoms with van der Waals surface area (Å²) in [7, 11) is 0. The Kier molecular flexibility index (Phi) is 1.40. The van der Waals surface area contributed by atoms with E-state index in [0.29, 0.717) is 0 Å². The molecule has 2 N–H and O–H groups in total. The molecule has 1 unspecified atom stereocenters. The molecule has 4 heteroatoms. The molecule has 0 saturated heterocycles. The van der Waals surface area contributed by atoms with Gasteiger partial charge in [0.25, 0.3) is 0 Å². The smallest absolute Gasteiger partial charge is 0.339 e. The van der Waals surface area contributed by atoms with E-state index in [9.17, 15) is 4.79 Å². The Morgan fingerprint density at radius 2 is 2.67 bits per heavy atom. The third kappa shape index (κ3) is 1.20. The SMILES string of the molecule is CC1=CC(C(=O)O)ON1. The molecule has 0 saturated carbocycles. The zero-order valence-electron chi connectivity index (χ0n) is 4.92. The van der Waals surface area contributed by atoms with Gasteiger partial charge in [-0.15, -0.1) is 0 Å². The number of carboxylic acids is 1. The lowest BCUT2D eigenvalue weighted by Gasteiger charge is -1.98. The van der Waals surface area contributed by atoms with Crippen LogP contribution < -0.4 is 5.48 Å². The molecule has 1 aliphatic rings. The molecular formula is C5H7NO3. The molecule has 0 bridgehead atoms. The van der Waals surface area contributed by atoms with Gasteiger partial charge in [-0.05, 0) is 13.0 Å². The second-order valence-corrected chi connectivity index (χ2v) is 1.83. The number of carbonyl (C=O) groups is 1. The van der Waals surface area contributed by atoms with E-state index in [1.165, 1.54) is 6.08 Å². The molecule has 0 aromatic heterocycles. The number of allylic oxidation sites excluding steroid dienone is 1. The molecule has 1 atom stereocenters. The van der Waals surface area contributed by atoms with Crippen LogP contribution >= 0.6 is 0 Å². The zero-order chi connectivity index (χ0) is 6.85. The summed E-state index contributed by atoms with van der Waals surface area (Å²) in [5.74, 6) is -0.973. The van der Waals surface area contributed by atoms with E-state index in [1.54, 1.807) is 6.92 Å². The predicted molar refractivity (Wildman–Crippen MR) is 29.4 cm³/mol. The molecule has 4 nitrogen and oxygen atoms in total. The average molecular weight is 129 g/mol. The number of carboxylic acid groups (broad SMARTS) is 1. The van der Waals surface area contributed by atoms with Crippen LogP contribution in [-0.4, -0.2) is 17.2 Å². The molecule has 0 aromatic carbocycles. The Morgan fingerprint density at radius 3 is 2.89 bits per heavy atom. The summed E-state index contributed by atoms with van der Waals surface area (Å²) in [4.78, 5) is 14.7. The Labute approximate surface area is 52.1 Å². The molecule has 9 heavy (non-hydrogen) atoms. The third-order valence-electron chi connectivity index (χ3n) is 0.992. The molecule has 1 aliphatic heterocycles. The predicted octanol–water partition coefficient (Wildman–Crippen LogP) is -0.122. The van der Waals surface area contributed by atoms with E-state index in [4.69, 9.17) is 5.11 Å². The molecule has 0 aromatic rings. The van der Waals surface area contributed by atoms with Gasteiger partial charge in [-0.2, -0.15) is 0 Å². The van der Waals surface area contributed by atoms with Crippen molar-refractivity contribution in [2.24, 2.45) is 0 Å². The minimum atomic E-state index is -0.973. The van der Waals surface area contributed by atoms with Crippen molar-refractivity contribution in [2.45, 2.75) is 13.0 Å². The van der Waals surface area contributed by atoms with E-state index >= 15 is 0 Å². The topological polar surface area (TPSA) is 58.6 Å². The summed E-state index contributed by atoms with van der Waals surface area (Å²) < 4.78 is 0. The lowest BCUT2D eigenvalue weighted by atomic mass is 10.3. The molecule has 0 fully saturated rings. The van der Waals surface area contributed by atoms with Gasteiger partial charge in [0.1, 0.15) is 0 Å². The molecule has 50 valence electrons. The molecule has 0 radical (unpaired) electrons. The van der Waals surface area contributed by atoms with Crippen molar-refractivity contribution in [3.8, 4) is 0 Å². The van der Waals surface area contributed by atoms with Crippen LogP contribution in [0, 0.1) is 0 Å². The van der Waals surface area contributed by atoms with Crippen LogP contribution in [0.1, 0.15) is 6.92 Å². The molecule has 0 amide bonds.